The Labute approximate surface area is 217 Å². The molecule has 0 atom stereocenters. The van der Waals surface area contributed by atoms with Gasteiger partial charge in [-0.1, -0.05) is 103 Å². The number of hydrogen-bond acceptors (Lipinski definition) is 4. The second-order valence-corrected chi connectivity index (χ2v) is 10.6. The molecule has 0 aromatic heterocycles. The largest absolute Gasteiger partial charge is 0.393 e. The van der Waals surface area contributed by atoms with Crippen molar-refractivity contribution in [1.82, 2.24) is 0 Å². The molecule has 0 heterocycles. The summed E-state index contributed by atoms with van der Waals surface area (Å²) < 4.78 is 0. The van der Waals surface area contributed by atoms with E-state index in [2.05, 4.69) is 0 Å². The van der Waals surface area contributed by atoms with Crippen molar-refractivity contribution >= 4 is 0 Å². The van der Waals surface area contributed by atoms with Gasteiger partial charge in [0.15, 0.2) is 0 Å². The van der Waals surface area contributed by atoms with Gasteiger partial charge in [0.05, 0.1) is 24.4 Å². The average molecular weight is 508 g/mol. The van der Waals surface area contributed by atoms with Gasteiger partial charge in [0, 0.05) is 18.6 Å². The Morgan fingerprint density at radius 2 is 0.364 bits per heavy atom. The number of aliphatic hydroxyl groups excluding tert-OH is 4. The molecular weight excluding hydrogens is 451 g/mol. The zero-order valence-corrected chi connectivity index (χ0v) is 22.9. The standard InChI is InChI=1S/4C7H14O.V/c4*8-7-5-3-1-2-4-6-7;/h4*7-8H,1-6H2;. The second-order valence-electron chi connectivity index (χ2n) is 10.6. The third kappa shape index (κ3) is 22.6. The van der Waals surface area contributed by atoms with Gasteiger partial charge in [-0.15, -0.1) is 0 Å². The van der Waals surface area contributed by atoms with Crippen molar-refractivity contribution in [2.24, 2.45) is 0 Å². The molecule has 4 fully saturated rings. The van der Waals surface area contributed by atoms with Crippen LogP contribution in [0.2, 0.25) is 0 Å². The molecule has 4 rings (SSSR count). The van der Waals surface area contributed by atoms with Crippen molar-refractivity contribution in [3.05, 3.63) is 0 Å². The van der Waals surface area contributed by atoms with Crippen molar-refractivity contribution < 1.29 is 39.0 Å². The molecule has 0 aromatic carbocycles. The minimum atomic E-state index is 0. The molecule has 0 spiro atoms. The first-order chi connectivity index (χ1) is 15.6. The van der Waals surface area contributed by atoms with Crippen molar-refractivity contribution in [3.8, 4) is 0 Å². The summed E-state index contributed by atoms with van der Waals surface area (Å²) in [5.41, 5.74) is 0. The molecule has 4 aliphatic rings. The molecule has 0 aromatic rings. The fraction of sp³-hybridized carbons (Fsp3) is 1.00. The van der Waals surface area contributed by atoms with Crippen LogP contribution < -0.4 is 0 Å². The molecule has 0 aliphatic heterocycles. The molecular formula is C28H56O4V. The van der Waals surface area contributed by atoms with Crippen LogP contribution >= 0.6 is 0 Å². The Bertz CT molecular complexity index is 292. The number of aliphatic hydroxyl groups is 4. The Balaban J connectivity index is 0.000000410. The first-order valence-corrected chi connectivity index (χ1v) is 14.3. The zero-order chi connectivity index (χ0) is 23.3. The fourth-order valence-corrected chi connectivity index (χ4v) is 5.03. The van der Waals surface area contributed by atoms with Gasteiger partial charge in [0.1, 0.15) is 0 Å². The Kier molecular flexibility index (Phi) is 24.4. The molecule has 0 unspecified atom stereocenters. The average Bonchev–Trinajstić information content (AvgIpc) is 3.35. The summed E-state index contributed by atoms with van der Waals surface area (Å²) in [7, 11) is 0. The SMILES string of the molecule is OC1CCCCCC1.OC1CCCCCC1.OC1CCCCCC1.OC1CCCCCC1.[V]. The summed E-state index contributed by atoms with van der Waals surface area (Å²) in [5.74, 6) is 0. The van der Waals surface area contributed by atoms with E-state index >= 15 is 0 Å². The number of rotatable bonds is 0. The minimum Gasteiger partial charge on any atom is -0.393 e. The zero-order valence-electron chi connectivity index (χ0n) is 21.5. The molecule has 4 nitrogen and oxygen atoms in total. The first kappa shape index (κ1) is 33.4. The van der Waals surface area contributed by atoms with Crippen LogP contribution in [0.15, 0.2) is 0 Å². The van der Waals surface area contributed by atoms with E-state index < -0.39 is 0 Å². The maximum Gasteiger partial charge on any atom is 0.0540 e. The molecule has 197 valence electrons. The maximum atomic E-state index is 9.09. The smallest absolute Gasteiger partial charge is 0.0540 e. The molecule has 5 heteroatoms. The van der Waals surface area contributed by atoms with E-state index in [1.54, 1.807) is 0 Å². The van der Waals surface area contributed by atoms with E-state index in [9.17, 15) is 0 Å². The van der Waals surface area contributed by atoms with Crippen LogP contribution in [0.5, 0.6) is 0 Å². The predicted octanol–water partition coefficient (Wildman–Crippen LogP) is 6.80. The third-order valence-corrected chi connectivity index (χ3v) is 7.30. The Morgan fingerprint density at radius 1 is 0.242 bits per heavy atom. The van der Waals surface area contributed by atoms with Crippen molar-refractivity contribution in [1.29, 1.82) is 0 Å². The maximum absolute atomic E-state index is 9.09. The summed E-state index contributed by atoms with van der Waals surface area (Å²) >= 11 is 0. The summed E-state index contributed by atoms with van der Waals surface area (Å²) in [4.78, 5) is 0. The van der Waals surface area contributed by atoms with E-state index in [1.165, 1.54) is 103 Å². The minimum absolute atomic E-state index is 0. The quantitative estimate of drug-likeness (QED) is 0.272. The molecule has 0 bridgehead atoms. The van der Waals surface area contributed by atoms with Gasteiger partial charge in [-0.3, -0.25) is 0 Å². The molecule has 0 amide bonds. The monoisotopic (exact) mass is 507 g/mol. The van der Waals surface area contributed by atoms with Gasteiger partial charge >= 0.3 is 0 Å². The summed E-state index contributed by atoms with van der Waals surface area (Å²) in [6.07, 6.45) is 29.0. The van der Waals surface area contributed by atoms with Crippen LogP contribution in [0.4, 0.5) is 0 Å². The third-order valence-electron chi connectivity index (χ3n) is 7.30. The van der Waals surface area contributed by atoms with Gasteiger partial charge in [0.2, 0.25) is 0 Å². The first-order valence-electron chi connectivity index (χ1n) is 14.3. The second kappa shape index (κ2) is 24.1. The molecule has 4 saturated carbocycles. The molecule has 0 saturated heterocycles. The number of hydrogen-bond donors (Lipinski definition) is 4. The summed E-state index contributed by atoms with van der Waals surface area (Å²) in [6.45, 7) is 0. The summed E-state index contributed by atoms with van der Waals surface area (Å²) in [5, 5.41) is 36.4. The van der Waals surface area contributed by atoms with Gasteiger partial charge < -0.3 is 20.4 Å². The van der Waals surface area contributed by atoms with Gasteiger partial charge in [-0.25, -0.2) is 0 Å². The van der Waals surface area contributed by atoms with Crippen LogP contribution in [0, 0.1) is 0 Å². The van der Waals surface area contributed by atoms with Crippen molar-refractivity contribution in [2.75, 3.05) is 0 Å². The Morgan fingerprint density at radius 3 is 0.485 bits per heavy atom. The van der Waals surface area contributed by atoms with Crippen LogP contribution in [-0.4, -0.2) is 44.8 Å². The van der Waals surface area contributed by atoms with Crippen LogP contribution in [0.1, 0.15) is 154 Å². The van der Waals surface area contributed by atoms with Gasteiger partial charge in [0.25, 0.3) is 0 Å². The van der Waals surface area contributed by atoms with Gasteiger partial charge in [-0.2, -0.15) is 0 Å². The molecule has 4 aliphatic carbocycles. The molecule has 1 radical (unpaired) electrons. The summed E-state index contributed by atoms with van der Waals surface area (Å²) in [6, 6.07) is 0. The predicted molar refractivity (Wildman–Crippen MR) is 135 cm³/mol. The molecule has 4 N–H and O–H groups in total. The van der Waals surface area contributed by atoms with Crippen molar-refractivity contribution in [3.63, 3.8) is 0 Å². The topological polar surface area (TPSA) is 80.9 Å². The van der Waals surface area contributed by atoms with Crippen molar-refractivity contribution in [2.45, 2.75) is 179 Å². The normalized spacial score (nSPS) is 24.4. The van der Waals surface area contributed by atoms with E-state index in [0.717, 1.165) is 51.4 Å². The van der Waals surface area contributed by atoms with E-state index in [1.807, 2.05) is 0 Å². The van der Waals surface area contributed by atoms with Crippen LogP contribution in [0.3, 0.4) is 0 Å². The fourth-order valence-electron chi connectivity index (χ4n) is 5.03. The van der Waals surface area contributed by atoms with E-state index in [-0.39, 0.29) is 43.0 Å². The van der Waals surface area contributed by atoms with Gasteiger partial charge in [-0.05, 0) is 51.4 Å². The van der Waals surface area contributed by atoms with Crippen LogP contribution in [0.25, 0.3) is 0 Å². The van der Waals surface area contributed by atoms with Crippen LogP contribution in [-0.2, 0) is 18.6 Å². The molecule has 33 heavy (non-hydrogen) atoms. The Hall–Kier alpha value is 0.424. The van der Waals surface area contributed by atoms with E-state index in [0.29, 0.717) is 0 Å². The van der Waals surface area contributed by atoms with E-state index in [4.69, 9.17) is 20.4 Å².